The lowest BCUT2D eigenvalue weighted by molar-refractivity contribution is -0.138. The Morgan fingerprint density at radius 3 is 2.88 bits per heavy atom. The van der Waals surface area contributed by atoms with Gasteiger partial charge in [0.25, 0.3) is 0 Å². The number of aliphatic carboxylic acids is 1. The van der Waals surface area contributed by atoms with Crippen molar-refractivity contribution in [3.63, 3.8) is 0 Å². The highest BCUT2D eigenvalue weighted by atomic mass is 16.4. The summed E-state index contributed by atoms with van der Waals surface area (Å²) in [5.74, 6) is -0.140. The Morgan fingerprint density at radius 2 is 2.35 bits per heavy atom. The van der Waals surface area contributed by atoms with Gasteiger partial charge < -0.3 is 15.7 Å². The highest BCUT2D eigenvalue weighted by Crippen LogP contribution is 2.07. The summed E-state index contributed by atoms with van der Waals surface area (Å²) in [6, 6.07) is -0.755. The van der Waals surface area contributed by atoms with E-state index in [1.165, 1.54) is 6.33 Å². The Labute approximate surface area is 100 Å². The maximum Gasteiger partial charge on any atom is 0.320 e. The van der Waals surface area contributed by atoms with E-state index in [0.29, 0.717) is 6.42 Å². The average Bonchev–Trinajstić information content (AvgIpc) is 2.70. The van der Waals surface area contributed by atoms with Gasteiger partial charge in [-0.2, -0.15) is 10.1 Å². The molecule has 0 aliphatic rings. The number of nitrogens with two attached hydrogens (primary N) is 1. The van der Waals surface area contributed by atoms with E-state index in [2.05, 4.69) is 10.1 Å². The Morgan fingerprint density at radius 1 is 1.65 bits per heavy atom. The molecule has 1 heterocycles. The van der Waals surface area contributed by atoms with E-state index in [9.17, 15) is 4.79 Å². The van der Waals surface area contributed by atoms with E-state index in [1.807, 2.05) is 19.0 Å². The van der Waals surface area contributed by atoms with Crippen LogP contribution in [0.3, 0.4) is 0 Å². The quantitative estimate of drug-likeness (QED) is 0.643. The molecule has 1 unspecified atom stereocenters. The number of anilines is 1. The standard InChI is InChI=1S/C10H19N5O2/c1-14(10-12-7-13-15(10)2)6-4-3-5-8(11)9(16)17/h7-8H,3-6,11H2,1-2H3,(H,16,17). The summed E-state index contributed by atoms with van der Waals surface area (Å²) in [4.78, 5) is 16.6. The summed E-state index contributed by atoms with van der Waals surface area (Å²) in [6.45, 7) is 0.804. The maximum absolute atomic E-state index is 10.5. The number of aromatic nitrogens is 3. The number of nitrogens with zero attached hydrogens (tertiary/aromatic N) is 4. The summed E-state index contributed by atoms with van der Waals surface area (Å²) in [7, 11) is 3.76. The third-order valence-corrected chi connectivity index (χ3v) is 2.60. The molecule has 0 amide bonds. The maximum atomic E-state index is 10.5. The molecule has 1 aromatic heterocycles. The number of aryl methyl sites for hydroxylation is 1. The van der Waals surface area contributed by atoms with Crippen molar-refractivity contribution < 1.29 is 9.90 Å². The van der Waals surface area contributed by atoms with Crippen LogP contribution < -0.4 is 10.6 Å². The molecule has 0 saturated heterocycles. The van der Waals surface area contributed by atoms with Crippen LogP contribution >= 0.6 is 0 Å². The monoisotopic (exact) mass is 241 g/mol. The molecule has 0 fully saturated rings. The second-order valence-electron chi connectivity index (χ2n) is 4.05. The SMILES string of the molecule is CN(CCCCC(N)C(=O)O)c1ncnn1C. The molecule has 3 N–H and O–H groups in total. The smallest absolute Gasteiger partial charge is 0.320 e. The molecule has 0 bridgehead atoms. The molecular formula is C10H19N5O2. The van der Waals surface area contributed by atoms with Gasteiger partial charge in [-0.25, -0.2) is 4.68 Å². The lowest BCUT2D eigenvalue weighted by atomic mass is 10.1. The van der Waals surface area contributed by atoms with Crippen LogP contribution in [0.25, 0.3) is 0 Å². The molecule has 17 heavy (non-hydrogen) atoms. The molecule has 0 aliphatic heterocycles. The largest absolute Gasteiger partial charge is 0.480 e. The molecule has 0 saturated carbocycles. The first-order valence-electron chi connectivity index (χ1n) is 5.56. The van der Waals surface area contributed by atoms with E-state index in [1.54, 1.807) is 4.68 Å². The van der Waals surface area contributed by atoms with Crippen molar-refractivity contribution in [3.05, 3.63) is 6.33 Å². The van der Waals surface area contributed by atoms with Gasteiger partial charge >= 0.3 is 5.97 Å². The highest BCUT2D eigenvalue weighted by molar-refractivity contribution is 5.72. The number of carbonyl (C=O) groups is 1. The van der Waals surface area contributed by atoms with Crippen LogP contribution in [0.4, 0.5) is 5.95 Å². The number of rotatable bonds is 7. The predicted molar refractivity (Wildman–Crippen MR) is 63.7 cm³/mol. The molecule has 0 aromatic carbocycles. The number of carboxylic acids is 1. The lowest BCUT2D eigenvalue weighted by Gasteiger charge is -2.17. The van der Waals surface area contributed by atoms with Crippen LogP contribution in [0.5, 0.6) is 0 Å². The fraction of sp³-hybridized carbons (Fsp3) is 0.700. The lowest BCUT2D eigenvalue weighted by Crippen LogP contribution is -2.30. The van der Waals surface area contributed by atoms with E-state index >= 15 is 0 Å². The molecule has 0 aliphatic carbocycles. The van der Waals surface area contributed by atoms with Crippen LogP contribution in [0.2, 0.25) is 0 Å². The Kier molecular flexibility index (Phi) is 4.89. The first kappa shape index (κ1) is 13.4. The number of unbranched alkanes of at least 4 members (excludes halogenated alkanes) is 1. The third kappa shape index (κ3) is 4.03. The second-order valence-corrected chi connectivity index (χ2v) is 4.05. The molecule has 0 radical (unpaired) electrons. The van der Waals surface area contributed by atoms with Gasteiger partial charge in [-0.1, -0.05) is 0 Å². The fourth-order valence-corrected chi connectivity index (χ4v) is 1.57. The van der Waals surface area contributed by atoms with Crippen molar-refractivity contribution in [2.24, 2.45) is 12.8 Å². The topological polar surface area (TPSA) is 97.3 Å². The molecule has 1 aromatic rings. The summed E-state index contributed by atoms with van der Waals surface area (Å²) in [6.07, 6.45) is 3.67. The zero-order valence-electron chi connectivity index (χ0n) is 10.2. The molecule has 1 rings (SSSR count). The van der Waals surface area contributed by atoms with E-state index < -0.39 is 12.0 Å². The molecule has 7 nitrogen and oxygen atoms in total. The second kappa shape index (κ2) is 6.19. The summed E-state index contributed by atoms with van der Waals surface area (Å²) in [5, 5.41) is 12.6. The minimum Gasteiger partial charge on any atom is -0.480 e. The Balaban J connectivity index is 2.23. The molecule has 0 spiro atoms. The van der Waals surface area contributed by atoms with Gasteiger partial charge in [0.1, 0.15) is 12.4 Å². The van der Waals surface area contributed by atoms with Crippen LogP contribution in [0.1, 0.15) is 19.3 Å². The van der Waals surface area contributed by atoms with Crippen molar-refractivity contribution in [2.45, 2.75) is 25.3 Å². The fourth-order valence-electron chi connectivity index (χ4n) is 1.57. The van der Waals surface area contributed by atoms with Crippen LogP contribution in [0, 0.1) is 0 Å². The van der Waals surface area contributed by atoms with Crippen molar-refractivity contribution in [1.82, 2.24) is 14.8 Å². The number of hydrogen-bond acceptors (Lipinski definition) is 5. The summed E-state index contributed by atoms with van der Waals surface area (Å²) >= 11 is 0. The third-order valence-electron chi connectivity index (χ3n) is 2.60. The van der Waals surface area contributed by atoms with Crippen LogP contribution in [-0.4, -0.2) is 45.5 Å². The van der Waals surface area contributed by atoms with Gasteiger partial charge in [0, 0.05) is 20.6 Å². The zero-order chi connectivity index (χ0) is 12.8. The summed E-state index contributed by atoms with van der Waals surface area (Å²) < 4.78 is 1.70. The summed E-state index contributed by atoms with van der Waals surface area (Å²) in [5.41, 5.74) is 5.41. The van der Waals surface area contributed by atoms with E-state index in [0.717, 1.165) is 25.3 Å². The Bertz CT molecular complexity index is 365. The van der Waals surface area contributed by atoms with Crippen molar-refractivity contribution in [1.29, 1.82) is 0 Å². The first-order valence-corrected chi connectivity index (χ1v) is 5.56. The average molecular weight is 241 g/mol. The highest BCUT2D eigenvalue weighted by Gasteiger charge is 2.11. The van der Waals surface area contributed by atoms with Crippen molar-refractivity contribution in [3.8, 4) is 0 Å². The predicted octanol–water partition coefficient (Wildman–Crippen LogP) is -0.166. The first-order chi connectivity index (χ1) is 8.02. The van der Waals surface area contributed by atoms with Crippen molar-refractivity contribution >= 4 is 11.9 Å². The van der Waals surface area contributed by atoms with Gasteiger partial charge in [0.2, 0.25) is 5.95 Å². The van der Waals surface area contributed by atoms with Crippen LogP contribution in [-0.2, 0) is 11.8 Å². The zero-order valence-corrected chi connectivity index (χ0v) is 10.2. The van der Waals surface area contributed by atoms with Gasteiger partial charge in [-0.3, -0.25) is 4.79 Å². The van der Waals surface area contributed by atoms with Crippen molar-refractivity contribution in [2.75, 3.05) is 18.5 Å². The van der Waals surface area contributed by atoms with Gasteiger partial charge in [-0.15, -0.1) is 0 Å². The van der Waals surface area contributed by atoms with Gasteiger partial charge in [0.05, 0.1) is 0 Å². The minimum atomic E-state index is -0.938. The molecule has 96 valence electrons. The van der Waals surface area contributed by atoms with Gasteiger partial charge in [-0.05, 0) is 19.3 Å². The normalized spacial score (nSPS) is 12.4. The molecular weight excluding hydrogens is 222 g/mol. The molecule has 7 heteroatoms. The Hall–Kier alpha value is -1.63. The molecule has 1 atom stereocenters. The van der Waals surface area contributed by atoms with Crippen LogP contribution in [0.15, 0.2) is 6.33 Å². The number of hydrogen-bond donors (Lipinski definition) is 2. The van der Waals surface area contributed by atoms with E-state index in [4.69, 9.17) is 10.8 Å². The number of carboxylic acid groups (broad SMARTS) is 1. The minimum absolute atomic E-state index is 0.502. The van der Waals surface area contributed by atoms with Gasteiger partial charge in [0.15, 0.2) is 0 Å². The van der Waals surface area contributed by atoms with E-state index in [-0.39, 0.29) is 0 Å².